The van der Waals surface area contributed by atoms with Crippen LogP contribution in [0.25, 0.3) is 0 Å². The molecule has 1 aromatic carbocycles. The molecular formula is C16H23N3O3. The molecule has 1 unspecified atom stereocenters. The molecule has 1 aromatic rings. The maximum Gasteiger partial charge on any atom is 0.253 e. The highest BCUT2D eigenvalue weighted by Gasteiger charge is 2.24. The minimum atomic E-state index is -0.0670. The average Bonchev–Trinajstić information content (AvgIpc) is 2.53. The third kappa shape index (κ3) is 4.21. The SMILES string of the molecule is CC(N)CCC(=O)N1CCN(C(=O)c2ccc(O)cc2)CC1. The largest absolute Gasteiger partial charge is 0.508 e. The molecule has 6 nitrogen and oxygen atoms in total. The molecule has 3 N–H and O–H groups in total. The van der Waals surface area contributed by atoms with E-state index in [9.17, 15) is 14.7 Å². The number of aromatic hydroxyl groups is 1. The number of hydrogen-bond donors (Lipinski definition) is 2. The number of phenols is 1. The zero-order valence-corrected chi connectivity index (χ0v) is 12.9. The first-order valence-corrected chi connectivity index (χ1v) is 7.59. The molecule has 0 aromatic heterocycles. The van der Waals surface area contributed by atoms with Crippen LogP contribution in [0.3, 0.4) is 0 Å². The topological polar surface area (TPSA) is 86.9 Å². The minimum absolute atomic E-state index is 0.0290. The lowest BCUT2D eigenvalue weighted by molar-refractivity contribution is -0.132. The summed E-state index contributed by atoms with van der Waals surface area (Å²) < 4.78 is 0. The summed E-state index contributed by atoms with van der Waals surface area (Å²) in [5.41, 5.74) is 6.22. The number of carbonyl (C=O) groups is 2. The van der Waals surface area contributed by atoms with Gasteiger partial charge in [-0.3, -0.25) is 9.59 Å². The Morgan fingerprint density at radius 2 is 1.68 bits per heavy atom. The minimum Gasteiger partial charge on any atom is -0.508 e. The first kappa shape index (κ1) is 16.3. The second-order valence-electron chi connectivity index (χ2n) is 5.74. The predicted octanol–water partition coefficient (Wildman–Crippen LogP) is 0.804. The van der Waals surface area contributed by atoms with E-state index in [4.69, 9.17) is 5.73 Å². The monoisotopic (exact) mass is 305 g/mol. The van der Waals surface area contributed by atoms with Gasteiger partial charge in [0, 0.05) is 44.2 Å². The number of rotatable bonds is 4. The van der Waals surface area contributed by atoms with Crippen LogP contribution in [-0.2, 0) is 4.79 Å². The van der Waals surface area contributed by atoms with E-state index < -0.39 is 0 Å². The van der Waals surface area contributed by atoms with Gasteiger partial charge < -0.3 is 20.6 Å². The first-order chi connectivity index (χ1) is 10.5. The molecule has 1 atom stereocenters. The van der Waals surface area contributed by atoms with Gasteiger partial charge >= 0.3 is 0 Å². The molecule has 0 radical (unpaired) electrons. The summed E-state index contributed by atoms with van der Waals surface area (Å²) in [7, 11) is 0. The van der Waals surface area contributed by atoms with Crippen molar-refractivity contribution < 1.29 is 14.7 Å². The van der Waals surface area contributed by atoms with Crippen LogP contribution in [0.4, 0.5) is 0 Å². The number of nitrogens with two attached hydrogens (primary N) is 1. The van der Waals surface area contributed by atoms with Crippen molar-refractivity contribution in [3.8, 4) is 5.75 Å². The van der Waals surface area contributed by atoms with Gasteiger partial charge in [0.1, 0.15) is 5.75 Å². The normalized spacial score (nSPS) is 16.5. The summed E-state index contributed by atoms with van der Waals surface area (Å²) in [5.74, 6) is 0.179. The van der Waals surface area contributed by atoms with E-state index in [-0.39, 0.29) is 23.6 Å². The predicted molar refractivity (Wildman–Crippen MR) is 83.5 cm³/mol. The highest BCUT2D eigenvalue weighted by atomic mass is 16.3. The molecule has 1 aliphatic heterocycles. The Labute approximate surface area is 130 Å². The highest BCUT2D eigenvalue weighted by molar-refractivity contribution is 5.94. The smallest absolute Gasteiger partial charge is 0.253 e. The van der Waals surface area contributed by atoms with E-state index in [1.54, 1.807) is 21.9 Å². The summed E-state index contributed by atoms with van der Waals surface area (Å²) in [4.78, 5) is 27.9. The van der Waals surface area contributed by atoms with Crippen molar-refractivity contribution in [2.75, 3.05) is 26.2 Å². The van der Waals surface area contributed by atoms with Gasteiger partial charge in [0.15, 0.2) is 0 Å². The van der Waals surface area contributed by atoms with Crippen molar-refractivity contribution in [2.45, 2.75) is 25.8 Å². The van der Waals surface area contributed by atoms with Crippen molar-refractivity contribution in [3.05, 3.63) is 29.8 Å². The fourth-order valence-electron chi connectivity index (χ4n) is 2.45. The number of nitrogens with zero attached hydrogens (tertiary/aromatic N) is 2. The Kier molecular flexibility index (Phi) is 5.38. The Balaban J connectivity index is 1.85. The fraction of sp³-hybridized carbons (Fsp3) is 0.500. The Bertz CT molecular complexity index is 520. The molecule has 1 saturated heterocycles. The van der Waals surface area contributed by atoms with E-state index in [1.807, 2.05) is 6.92 Å². The van der Waals surface area contributed by atoms with Crippen molar-refractivity contribution in [3.63, 3.8) is 0 Å². The van der Waals surface area contributed by atoms with E-state index in [2.05, 4.69) is 0 Å². The summed E-state index contributed by atoms with van der Waals surface area (Å²) in [6, 6.07) is 6.25. The van der Waals surface area contributed by atoms with Crippen LogP contribution < -0.4 is 5.73 Å². The van der Waals surface area contributed by atoms with Gasteiger partial charge in [0.05, 0.1) is 0 Å². The number of piperazine rings is 1. The number of carbonyl (C=O) groups excluding carboxylic acids is 2. The van der Waals surface area contributed by atoms with E-state index in [0.717, 1.165) is 0 Å². The molecule has 1 heterocycles. The van der Waals surface area contributed by atoms with Crippen LogP contribution in [0.5, 0.6) is 5.75 Å². The van der Waals surface area contributed by atoms with E-state index >= 15 is 0 Å². The molecule has 0 spiro atoms. The van der Waals surface area contributed by atoms with Gasteiger partial charge in [-0.15, -0.1) is 0 Å². The van der Waals surface area contributed by atoms with Crippen molar-refractivity contribution >= 4 is 11.8 Å². The van der Waals surface area contributed by atoms with Gasteiger partial charge in [-0.25, -0.2) is 0 Å². The number of hydrogen-bond acceptors (Lipinski definition) is 4. The van der Waals surface area contributed by atoms with Crippen LogP contribution in [0, 0.1) is 0 Å². The third-order valence-corrected chi connectivity index (χ3v) is 3.85. The molecule has 0 saturated carbocycles. The third-order valence-electron chi connectivity index (χ3n) is 3.85. The Hall–Kier alpha value is -2.08. The van der Waals surface area contributed by atoms with Gasteiger partial charge in [-0.05, 0) is 37.6 Å². The molecule has 22 heavy (non-hydrogen) atoms. The van der Waals surface area contributed by atoms with Gasteiger partial charge in [0.2, 0.25) is 5.91 Å². The lowest BCUT2D eigenvalue weighted by Crippen LogP contribution is -2.50. The number of benzene rings is 1. The van der Waals surface area contributed by atoms with Gasteiger partial charge in [-0.2, -0.15) is 0 Å². The zero-order valence-electron chi connectivity index (χ0n) is 12.9. The molecule has 120 valence electrons. The standard InChI is InChI=1S/C16H23N3O3/c1-12(17)2-7-15(21)18-8-10-19(11-9-18)16(22)13-3-5-14(20)6-4-13/h3-6,12,20H,2,7-11,17H2,1H3. The molecule has 0 bridgehead atoms. The van der Waals surface area contributed by atoms with Crippen LogP contribution in [-0.4, -0.2) is 58.9 Å². The van der Waals surface area contributed by atoms with Gasteiger partial charge in [0.25, 0.3) is 5.91 Å². The van der Waals surface area contributed by atoms with Crippen molar-refractivity contribution in [2.24, 2.45) is 5.73 Å². The van der Waals surface area contributed by atoms with E-state index in [0.29, 0.717) is 44.6 Å². The maximum atomic E-state index is 12.3. The van der Waals surface area contributed by atoms with Crippen LogP contribution in [0.15, 0.2) is 24.3 Å². The molecule has 1 aliphatic rings. The fourth-order valence-corrected chi connectivity index (χ4v) is 2.45. The Morgan fingerprint density at radius 3 is 2.23 bits per heavy atom. The average molecular weight is 305 g/mol. The van der Waals surface area contributed by atoms with Gasteiger partial charge in [-0.1, -0.05) is 0 Å². The lowest BCUT2D eigenvalue weighted by atomic mass is 10.1. The first-order valence-electron chi connectivity index (χ1n) is 7.59. The number of phenolic OH excluding ortho intramolecular Hbond substituents is 1. The molecule has 2 amide bonds. The maximum absolute atomic E-state index is 12.3. The quantitative estimate of drug-likeness (QED) is 0.861. The van der Waals surface area contributed by atoms with Crippen LogP contribution >= 0.6 is 0 Å². The van der Waals surface area contributed by atoms with Crippen molar-refractivity contribution in [1.29, 1.82) is 0 Å². The summed E-state index contributed by atoms with van der Waals surface area (Å²) >= 11 is 0. The summed E-state index contributed by atoms with van der Waals surface area (Å²) in [5, 5.41) is 9.26. The van der Waals surface area contributed by atoms with Crippen LogP contribution in [0.2, 0.25) is 0 Å². The highest BCUT2D eigenvalue weighted by Crippen LogP contribution is 2.14. The van der Waals surface area contributed by atoms with Crippen LogP contribution in [0.1, 0.15) is 30.1 Å². The molecule has 2 rings (SSSR count). The lowest BCUT2D eigenvalue weighted by Gasteiger charge is -2.35. The molecule has 1 fully saturated rings. The molecule has 0 aliphatic carbocycles. The second kappa shape index (κ2) is 7.26. The summed E-state index contributed by atoms with van der Waals surface area (Å²) in [6.07, 6.45) is 1.15. The molecule has 6 heteroatoms. The second-order valence-corrected chi connectivity index (χ2v) is 5.74. The summed E-state index contributed by atoms with van der Waals surface area (Å²) in [6.45, 7) is 4.07. The van der Waals surface area contributed by atoms with E-state index in [1.165, 1.54) is 12.1 Å². The Morgan fingerprint density at radius 1 is 1.14 bits per heavy atom. The number of amides is 2. The van der Waals surface area contributed by atoms with Crippen molar-refractivity contribution in [1.82, 2.24) is 9.80 Å². The zero-order chi connectivity index (χ0) is 16.1. The molecular weight excluding hydrogens is 282 g/mol.